The molecule has 0 radical (unpaired) electrons. The van der Waals surface area contributed by atoms with Crippen molar-refractivity contribution in [2.24, 2.45) is 0 Å². The maximum atomic E-state index is 9.47. The van der Waals surface area contributed by atoms with E-state index in [9.17, 15) is 5.11 Å². The number of hydrogen-bond acceptors (Lipinski definition) is 4. The van der Waals surface area contributed by atoms with Gasteiger partial charge in [0.1, 0.15) is 17.8 Å². The van der Waals surface area contributed by atoms with Crippen LogP contribution in [-0.4, -0.2) is 48.1 Å². The molecule has 1 N–H and O–H groups in total. The molecule has 1 unspecified atom stereocenters. The van der Waals surface area contributed by atoms with Crippen LogP contribution < -0.4 is 4.74 Å². The molecule has 5 heteroatoms. The first-order chi connectivity index (χ1) is 11.2. The van der Waals surface area contributed by atoms with Crippen molar-refractivity contribution in [2.45, 2.75) is 82.9 Å². The van der Waals surface area contributed by atoms with Crippen LogP contribution in [0.4, 0.5) is 0 Å². The molecule has 1 atom stereocenters. The monoisotopic (exact) mass is 380 g/mol. The van der Waals surface area contributed by atoms with Crippen LogP contribution in [0.5, 0.6) is 5.75 Å². The summed E-state index contributed by atoms with van der Waals surface area (Å²) in [4.78, 5) is 0. The predicted octanol–water partition coefficient (Wildman–Crippen LogP) is 4.89. The Hall–Kier alpha value is 0.550. The predicted molar refractivity (Wildman–Crippen MR) is 105 cm³/mol. The molecule has 0 spiro atoms. The minimum absolute atomic E-state index is 0. The number of rotatable bonds is 13. The van der Waals surface area contributed by atoms with E-state index < -0.39 is 5.31 Å². The Morgan fingerprint density at radius 2 is 1.42 bits per heavy atom. The van der Waals surface area contributed by atoms with Crippen molar-refractivity contribution in [2.75, 3.05) is 0 Å². The molecule has 0 aromatic heterocycles. The topological polar surface area (TPSA) is 42.0 Å². The second-order valence-corrected chi connectivity index (χ2v) is 7.22. The van der Waals surface area contributed by atoms with Crippen molar-refractivity contribution in [3.63, 3.8) is 0 Å². The van der Waals surface area contributed by atoms with Gasteiger partial charge in [0.25, 0.3) is 0 Å². The van der Waals surface area contributed by atoms with E-state index in [2.05, 4.69) is 19.1 Å². The second kappa shape index (κ2) is 12.8. The molecule has 1 heterocycles. The summed E-state index contributed by atoms with van der Waals surface area (Å²) in [5, 5.41) is 8.03. The number of aliphatic hydroxyl groups is 1. The standard InChI is InChI=1S/C19H30O3S.Ca.2H/c1-2-3-4-5-6-7-8-9-10-11-12-17-13-15-18(16-14-17)21-19(20)22-23-19;;;/h13-16,20H,2-12H2,1H3;;;. The maximum absolute atomic E-state index is 9.47. The fourth-order valence-corrected chi connectivity index (χ4v) is 2.99. The van der Waals surface area contributed by atoms with E-state index in [1.54, 1.807) is 0 Å². The average Bonchev–Trinajstić information content (AvgIpc) is 3.28. The van der Waals surface area contributed by atoms with Crippen molar-refractivity contribution in [3.8, 4) is 5.75 Å². The Kier molecular flexibility index (Phi) is 12.1. The third-order valence-electron chi connectivity index (χ3n) is 4.22. The molecule has 1 fully saturated rings. The van der Waals surface area contributed by atoms with Gasteiger partial charge in [-0.2, -0.15) is 0 Å². The number of benzene rings is 1. The average molecular weight is 381 g/mol. The van der Waals surface area contributed by atoms with Gasteiger partial charge in [-0.15, -0.1) is 0 Å². The van der Waals surface area contributed by atoms with Crippen molar-refractivity contribution in [1.82, 2.24) is 0 Å². The first-order valence-corrected chi connectivity index (χ1v) is 9.83. The Labute approximate surface area is 181 Å². The molecular formula is C19H32CaO3S. The molecule has 0 saturated carbocycles. The van der Waals surface area contributed by atoms with Crippen molar-refractivity contribution in [1.29, 1.82) is 0 Å². The molecule has 0 aliphatic carbocycles. The van der Waals surface area contributed by atoms with Gasteiger partial charge in [0, 0.05) is 0 Å². The van der Waals surface area contributed by atoms with E-state index in [1.807, 2.05) is 12.1 Å². The number of unbranched alkanes of at least 4 members (excludes halogenated alkanes) is 9. The Balaban J connectivity index is 0.00000288. The molecule has 1 saturated heterocycles. The van der Waals surface area contributed by atoms with E-state index in [4.69, 9.17) is 8.92 Å². The molecule has 1 aromatic carbocycles. The van der Waals surface area contributed by atoms with E-state index >= 15 is 0 Å². The van der Waals surface area contributed by atoms with Gasteiger partial charge in [0.2, 0.25) is 0 Å². The molecule has 0 amide bonds. The summed E-state index contributed by atoms with van der Waals surface area (Å²) in [5.41, 5.74) is 1.33. The van der Waals surface area contributed by atoms with E-state index in [0.29, 0.717) is 5.75 Å². The normalized spacial score (nSPS) is 18.9. The molecule has 1 aliphatic rings. The number of hydrogen-bond donors (Lipinski definition) is 1. The van der Waals surface area contributed by atoms with Gasteiger partial charge in [-0.05, 0) is 30.5 Å². The molecule has 24 heavy (non-hydrogen) atoms. The quantitative estimate of drug-likeness (QED) is 0.174. The summed E-state index contributed by atoms with van der Waals surface area (Å²) in [5.74, 6) is 0.643. The van der Waals surface area contributed by atoms with Gasteiger partial charge in [0.15, 0.2) is 0 Å². The zero-order valence-corrected chi connectivity index (χ0v) is 15.1. The summed E-state index contributed by atoms with van der Waals surface area (Å²) in [6.45, 7) is 2.27. The van der Waals surface area contributed by atoms with Gasteiger partial charge in [-0.25, -0.2) is 4.18 Å². The molecule has 1 aromatic rings. The third kappa shape index (κ3) is 9.88. The molecule has 3 nitrogen and oxygen atoms in total. The Morgan fingerprint density at radius 1 is 0.917 bits per heavy atom. The molecule has 0 bridgehead atoms. The number of ether oxygens (including phenoxy) is 1. The van der Waals surface area contributed by atoms with Gasteiger partial charge in [-0.1, -0.05) is 76.8 Å². The number of aryl methyl sites for hydroxylation is 1. The second-order valence-electron chi connectivity index (χ2n) is 6.37. The van der Waals surface area contributed by atoms with Gasteiger partial charge in [0.05, 0.1) is 0 Å². The van der Waals surface area contributed by atoms with Crippen LogP contribution in [0, 0.1) is 0 Å². The van der Waals surface area contributed by atoms with Gasteiger partial charge < -0.3 is 9.84 Å². The summed E-state index contributed by atoms with van der Waals surface area (Å²) >= 11 is 0.931. The van der Waals surface area contributed by atoms with Crippen LogP contribution in [0.25, 0.3) is 0 Å². The van der Waals surface area contributed by atoms with Gasteiger partial charge >= 0.3 is 43.0 Å². The van der Waals surface area contributed by atoms with Crippen molar-refractivity contribution in [3.05, 3.63) is 29.8 Å². The van der Waals surface area contributed by atoms with Crippen LogP contribution in [0.15, 0.2) is 24.3 Å². The van der Waals surface area contributed by atoms with Crippen LogP contribution in [0.3, 0.4) is 0 Å². The van der Waals surface area contributed by atoms with Crippen LogP contribution in [0.2, 0.25) is 0 Å². The van der Waals surface area contributed by atoms with Crippen LogP contribution >= 0.6 is 12.0 Å². The van der Waals surface area contributed by atoms with Crippen molar-refractivity contribution >= 4 is 49.8 Å². The summed E-state index contributed by atoms with van der Waals surface area (Å²) < 4.78 is 9.99. The molecule has 2 rings (SSSR count). The fraction of sp³-hybridized carbons (Fsp3) is 0.684. The van der Waals surface area contributed by atoms with Crippen LogP contribution in [0.1, 0.15) is 76.7 Å². The van der Waals surface area contributed by atoms with Crippen molar-refractivity contribution < 1.29 is 14.0 Å². The fourth-order valence-electron chi connectivity index (χ4n) is 2.76. The molecule has 1 aliphatic heterocycles. The first-order valence-electron chi connectivity index (χ1n) is 9.09. The summed E-state index contributed by atoms with van der Waals surface area (Å²) in [7, 11) is 0. The molecule has 134 valence electrons. The van der Waals surface area contributed by atoms with E-state index in [-0.39, 0.29) is 37.7 Å². The molecular weight excluding hydrogens is 348 g/mol. The summed E-state index contributed by atoms with van der Waals surface area (Å²) in [6, 6.07) is 7.93. The third-order valence-corrected chi connectivity index (χ3v) is 4.75. The zero-order chi connectivity index (χ0) is 16.4. The van der Waals surface area contributed by atoms with E-state index in [0.717, 1.165) is 18.5 Å². The Morgan fingerprint density at radius 3 is 1.92 bits per heavy atom. The van der Waals surface area contributed by atoms with Gasteiger partial charge in [-0.3, -0.25) is 0 Å². The summed E-state index contributed by atoms with van der Waals surface area (Å²) in [6.07, 6.45) is 14.8. The first kappa shape index (κ1) is 22.6. The van der Waals surface area contributed by atoms with Crippen LogP contribution in [-0.2, 0) is 10.6 Å². The zero-order valence-electron chi connectivity index (χ0n) is 14.3. The SMILES string of the molecule is CCCCCCCCCCCCc1ccc(OC2(O)OS2)cc1.[CaH2]. The van der Waals surface area contributed by atoms with E-state index in [1.165, 1.54) is 69.8 Å². The minimum atomic E-state index is -1.45. The Bertz CT molecular complexity index is 435.